The lowest BCUT2D eigenvalue weighted by molar-refractivity contribution is -0.142. The first-order valence-corrected chi connectivity index (χ1v) is 10.1. The second-order valence-corrected chi connectivity index (χ2v) is 7.48. The maximum Gasteiger partial charge on any atom is 0.438 e. The first-order chi connectivity index (χ1) is 14.6. The maximum atomic E-state index is 13.6. The summed E-state index contributed by atoms with van der Waals surface area (Å²) in [6.07, 6.45) is -4.14. The molecule has 2 aromatic carbocycles. The van der Waals surface area contributed by atoms with Crippen molar-refractivity contribution in [2.45, 2.75) is 52.8 Å². The van der Waals surface area contributed by atoms with Gasteiger partial charge in [0.05, 0.1) is 11.0 Å². The fourth-order valence-electron chi connectivity index (χ4n) is 3.61. The van der Waals surface area contributed by atoms with Gasteiger partial charge in [0.2, 0.25) is 11.6 Å². The number of hydrogen-bond donors (Lipinski definition) is 1. The van der Waals surface area contributed by atoms with E-state index in [1.165, 1.54) is 6.07 Å². The Bertz CT molecular complexity index is 1200. The van der Waals surface area contributed by atoms with Crippen LogP contribution >= 0.6 is 0 Å². The molecule has 0 aliphatic carbocycles. The largest absolute Gasteiger partial charge is 0.438 e. The molecule has 164 valence electrons. The number of aryl methyl sites for hydroxylation is 3. The molecule has 1 atom stereocenters. The Morgan fingerprint density at radius 2 is 1.77 bits per heavy atom. The van der Waals surface area contributed by atoms with E-state index in [9.17, 15) is 22.8 Å². The summed E-state index contributed by atoms with van der Waals surface area (Å²) in [6, 6.07) is 9.17. The number of para-hydroxylation sites is 1. The van der Waals surface area contributed by atoms with Gasteiger partial charge in [-0.15, -0.1) is 0 Å². The number of amides is 1. The van der Waals surface area contributed by atoms with E-state index in [1.807, 2.05) is 19.1 Å². The number of aromatic nitrogens is 2. The van der Waals surface area contributed by atoms with Crippen molar-refractivity contribution in [1.29, 1.82) is 0 Å². The number of hydrogen-bond acceptors (Lipinski definition) is 3. The summed E-state index contributed by atoms with van der Waals surface area (Å²) in [4.78, 5) is 29.7. The highest BCUT2D eigenvalue weighted by Crippen LogP contribution is 2.29. The Kier molecular flexibility index (Phi) is 6.20. The van der Waals surface area contributed by atoms with E-state index in [2.05, 4.69) is 10.3 Å². The van der Waals surface area contributed by atoms with E-state index in [0.717, 1.165) is 21.3 Å². The molecule has 5 nitrogen and oxygen atoms in total. The second-order valence-electron chi connectivity index (χ2n) is 7.48. The quantitative estimate of drug-likeness (QED) is 0.605. The molecule has 0 radical (unpaired) electrons. The molecular formula is C23H24F3N3O2. The summed E-state index contributed by atoms with van der Waals surface area (Å²) in [5, 5.41) is 2.79. The lowest BCUT2D eigenvalue weighted by Gasteiger charge is -2.22. The van der Waals surface area contributed by atoms with E-state index < -0.39 is 29.4 Å². The molecule has 1 N–H and O–H groups in total. The van der Waals surface area contributed by atoms with Gasteiger partial charge in [-0.2, -0.15) is 13.2 Å². The van der Waals surface area contributed by atoms with E-state index in [4.69, 9.17) is 0 Å². The summed E-state index contributed by atoms with van der Waals surface area (Å²) >= 11 is 0. The number of carbonyl (C=O) groups is 1. The molecule has 3 rings (SSSR count). The maximum absolute atomic E-state index is 13.6. The van der Waals surface area contributed by atoms with Gasteiger partial charge in [0, 0.05) is 5.69 Å². The summed E-state index contributed by atoms with van der Waals surface area (Å²) in [5.41, 5.74) is 0.365. The smallest absolute Gasteiger partial charge is 0.324 e. The molecule has 0 aliphatic rings. The third kappa shape index (κ3) is 4.33. The fourth-order valence-corrected chi connectivity index (χ4v) is 3.61. The van der Waals surface area contributed by atoms with Gasteiger partial charge < -0.3 is 5.32 Å². The molecule has 1 heterocycles. The molecule has 0 aliphatic heterocycles. The predicted octanol–water partition coefficient (Wildman–Crippen LogP) is 5.18. The minimum absolute atomic E-state index is 0.0234. The second kappa shape index (κ2) is 8.53. The highest BCUT2D eigenvalue weighted by molar-refractivity contribution is 5.95. The van der Waals surface area contributed by atoms with Crippen LogP contribution in [-0.2, 0) is 17.4 Å². The number of nitrogens with zero attached hydrogens (tertiary/aromatic N) is 2. The zero-order chi connectivity index (χ0) is 22.9. The number of anilines is 1. The predicted molar refractivity (Wildman–Crippen MR) is 114 cm³/mol. The Morgan fingerprint density at radius 3 is 2.39 bits per heavy atom. The first-order valence-electron chi connectivity index (χ1n) is 10.1. The van der Waals surface area contributed by atoms with Gasteiger partial charge in [0.15, 0.2) is 0 Å². The van der Waals surface area contributed by atoms with Crippen molar-refractivity contribution >= 4 is 22.6 Å². The van der Waals surface area contributed by atoms with Crippen molar-refractivity contribution in [3.05, 3.63) is 69.1 Å². The van der Waals surface area contributed by atoms with Crippen LogP contribution in [-0.4, -0.2) is 15.5 Å². The Morgan fingerprint density at radius 1 is 1.13 bits per heavy atom. The van der Waals surface area contributed by atoms with Crippen molar-refractivity contribution in [1.82, 2.24) is 9.55 Å². The van der Waals surface area contributed by atoms with Crippen LogP contribution in [0.3, 0.4) is 0 Å². The Balaban J connectivity index is 2.22. The van der Waals surface area contributed by atoms with Crippen LogP contribution in [0.5, 0.6) is 0 Å². The molecule has 0 spiro atoms. The van der Waals surface area contributed by atoms with Crippen molar-refractivity contribution in [2.24, 2.45) is 0 Å². The average Bonchev–Trinajstić information content (AvgIpc) is 2.71. The molecule has 0 saturated carbocycles. The summed E-state index contributed by atoms with van der Waals surface area (Å²) in [5.74, 6) is -0.552. The van der Waals surface area contributed by atoms with Gasteiger partial charge in [-0.1, -0.05) is 32.0 Å². The van der Waals surface area contributed by atoms with Crippen molar-refractivity contribution in [3.63, 3.8) is 0 Å². The van der Waals surface area contributed by atoms with Gasteiger partial charge in [-0.25, -0.2) is 4.98 Å². The molecule has 1 aromatic heterocycles. The minimum Gasteiger partial charge on any atom is -0.324 e. The van der Waals surface area contributed by atoms with E-state index in [-0.39, 0.29) is 17.5 Å². The highest BCUT2D eigenvalue weighted by atomic mass is 19.4. The van der Waals surface area contributed by atoms with Crippen LogP contribution < -0.4 is 10.9 Å². The highest BCUT2D eigenvalue weighted by Gasteiger charge is 2.38. The third-order valence-electron chi connectivity index (χ3n) is 5.43. The number of alkyl halides is 3. The van der Waals surface area contributed by atoms with Crippen molar-refractivity contribution < 1.29 is 18.0 Å². The van der Waals surface area contributed by atoms with Crippen LogP contribution in [0.4, 0.5) is 18.9 Å². The molecular weight excluding hydrogens is 407 g/mol. The summed E-state index contributed by atoms with van der Waals surface area (Å²) in [7, 11) is 0. The number of nitrogens with one attached hydrogen (secondary N) is 1. The van der Waals surface area contributed by atoms with Crippen LogP contribution in [0, 0.1) is 13.8 Å². The third-order valence-corrected chi connectivity index (χ3v) is 5.43. The number of carbonyl (C=O) groups excluding carboxylic acids is 1. The van der Waals surface area contributed by atoms with Crippen molar-refractivity contribution in [2.75, 3.05) is 5.32 Å². The lowest BCUT2D eigenvalue weighted by Crippen LogP contribution is -2.37. The zero-order valence-corrected chi connectivity index (χ0v) is 17.8. The van der Waals surface area contributed by atoms with Gasteiger partial charge in [-0.3, -0.25) is 14.2 Å². The average molecular weight is 431 g/mol. The standard InChI is InChI=1S/C23H24F3N3O2/c1-5-15-9-7-8-10-16(15)28-21(30)18(6-2)29-19-12-14(4)13(3)11-17(19)27-20(22(29)31)23(24,25)26/h7-12,18H,5-6H2,1-4H3,(H,28,30)/t18-/m1/s1. The SMILES string of the molecule is CCc1ccccc1NC(=O)[C@@H](CC)n1c(=O)c(C(F)(F)F)nc2cc(C)c(C)cc21. The molecule has 0 unspecified atom stereocenters. The fraction of sp³-hybridized carbons (Fsp3) is 0.348. The molecule has 8 heteroatoms. The Labute approximate surface area is 177 Å². The van der Waals surface area contributed by atoms with E-state index in [0.29, 0.717) is 12.1 Å². The van der Waals surface area contributed by atoms with Gasteiger partial charge in [0.1, 0.15) is 6.04 Å². The number of benzene rings is 2. The Hall–Kier alpha value is -3.16. The zero-order valence-electron chi connectivity index (χ0n) is 17.8. The minimum atomic E-state index is -4.94. The van der Waals surface area contributed by atoms with Crippen LogP contribution in [0.25, 0.3) is 11.0 Å². The van der Waals surface area contributed by atoms with Crippen LogP contribution in [0.15, 0.2) is 41.2 Å². The number of fused-ring (bicyclic) bond motifs is 1. The van der Waals surface area contributed by atoms with Gasteiger partial charge in [-0.05, 0) is 61.6 Å². The van der Waals surface area contributed by atoms with Gasteiger partial charge >= 0.3 is 6.18 Å². The molecule has 1 amide bonds. The normalized spacial score (nSPS) is 12.7. The lowest BCUT2D eigenvalue weighted by atomic mass is 10.1. The molecule has 0 saturated heterocycles. The molecule has 0 bridgehead atoms. The molecule has 31 heavy (non-hydrogen) atoms. The number of rotatable bonds is 5. The monoisotopic (exact) mass is 431 g/mol. The number of halogens is 3. The van der Waals surface area contributed by atoms with Crippen LogP contribution in [0.1, 0.15) is 48.7 Å². The summed E-state index contributed by atoms with van der Waals surface area (Å²) in [6.45, 7) is 7.14. The molecule has 0 fully saturated rings. The van der Waals surface area contributed by atoms with Gasteiger partial charge in [0.25, 0.3) is 5.56 Å². The first kappa shape index (κ1) is 22.5. The molecule has 3 aromatic rings. The topological polar surface area (TPSA) is 64.0 Å². The van der Waals surface area contributed by atoms with Crippen molar-refractivity contribution in [3.8, 4) is 0 Å². The van der Waals surface area contributed by atoms with E-state index >= 15 is 0 Å². The van der Waals surface area contributed by atoms with Crippen LogP contribution in [0.2, 0.25) is 0 Å². The van der Waals surface area contributed by atoms with E-state index in [1.54, 1.807) is 39.0 Å². The summed E-state index contributed by atoms with van der Waals surface area (Å²) < 4.78 is 41.7.